The van der Waals surface area contributed by atoms with Crippen LogP contribution < -0.4 is 0 Å². The molecule has 6 heteroatoms. The first-order chi connectivity index (χ1) is 8.02. The summed E-state index contributed by atoms with van der Waals surface area (Å²) in [7, 11) is 2.80. The summed E-state index contributed by atoms with van der Waals surface area (Å²) in [5, 5.41) is 0.864. The van der Waals surface area contributed by atoms with Gasteiger partial charge in [-0.15, -0.1) is 0 Å². The van der Waals surface area contributed by atoms with Crippen molar-refractivity contribution in [2.24, 2.45) is 11.8 Å². The molecule has 4 nitrogen and oxygen atoms in total. The number of ether oxygens (including phenoxy) is 2. The first-order valence-corrected chi connectivity index (χ1v) is 7.65. The van der Waals surface area contributed by atoms with Crippen molar-refractivity contribution < 1.29 is 19.1 Å². The highest BCUT2D eigenvalue weighted by atomic mass is 32.2. The smallest absolute Gasteiger partial charge is 0.309 e. The quantitative estimate of drug-likeness (QED) is 0.385. The van der Waals surface area contributed by atoms with E-state index in [1.165, 1.54) is 14.2 Å². The topological polar surface area (TPSA) is 52.6 Å². The lowest BCUT2D eigenvalue weighted by Gasteiger charge is -2.10. The molecule has 0 bridgehead atoms. The minimum Gasteiger partial charge on any atom is -0.469 e. The van der Waals surface area contributed by atoms with E-state index in [2.05, 4.69) is 9.47 Å². The maximum Gasteiger partial charge on any atom is 0.309 e. The number of rotatable bonds is 8. The summed E-state index contributed by atoms with van der Waals surface area (Å²) < 4.78 is 9.27. The van der Waals surface area contributed by atoms with Crippen LogP contribution in [0, 0.1) is 11.8 Å². The van der Waals surface area contributed by atoms with Crippen LogP contribution in [0.2, 0.25) is 0 Å². The molecular formula is C11H20O4S2. The third-order valence-corrected chi connectivity index (χ3v) is 4.91. The van der Waals surface area contributed by atoms with Gasteiger partial charge in [-0.05, 0) is 0 Å². The maximum absolute atomic E-state index is 11.1. The number of thioether (sulfide) groups is 2. The number of methoxy groups -OCH3 is 2. The summed E-state index contributed by atoms with van der Waals surface area (Å²) in [4.78, 5) is 22.2. The first kappa shape index (κ1) is 16.6. The van der Waals surface area contributed by atoms with Crippen LogP contribution >= 0.6 is 23.5 Å². The van der Waals surface area contributed by atoms with Crippen molar-refractivity contribution in [3.8, 4) is 0 Å². The summed E-state index contributed by atoms with van der Waals surface area (Å²) in [6.45, 7) is 3.70. The van der Waals surface area contributed by atoms with Gasteiger partial charge in [0.1, 0.15) is 0 Å². The van der Waals surface area contributed by atoms with Gasteiger partial charge in [0.25, 0.3) is 0 Å². The lowest BCUT2D eigenvalue weighted by Crippen LogP contribution is -2.16. The van der Waals surface area contributed by atoms with E-state index in [1.54, 1.807) is 23.5 Å². The third kappa shape index (κ3) is 7.54. The molecule has 17 heavy (non-hydrogen) atoms. The average Bonchev–Trinajstić information content (AvgIpc) is 2.35. The molecule has 0 N–H and O–H groups in total. The fraction of sp³-hybridized carbons (Fsp3) is 0.818. The Bertz CT molecular complexity index is 222. The van der Waals surface area contributed by atoms with E-state index in [0.29, 0.717) is 0 Å². The van der Waals surface area contributed by atoms with E-state index < -0.39 is 0 Å². The second-order valence-electron chi connectivity index (χ2n) is 3.71. The molecule has 0 heterocycles. The van der Waals surface area contributed by atoms with Crippen LogP contribution in [0.4, 0.5) is 0 Å². The van der Waals surface area contributed by atoms with Gasteiger partial charge in [-0.1, -0.05) is 13.8 Å². The van der Waals surface area contributed by atoms with Crippen LogP contribution in [-0.4, -0.2) is 42.7 Å². The van der Waals surface area contributed by atoms with Crippen LogP contribution in [0.5, 0.6) is 0 Å². The molecule has 0 fully saturated rings. The fourth-order valence-corrected chi connectivity index (χ4v) is 3.27. The largest absolute Gasteiger partial charge is 0.469 e. The van der Waals surface area contributed by atoms with E-state index >= 15 is 0 Å². The van der Waals surface area contributed by atoms with Crippen LogP contribution in [0.15, 0.2) is 0 Å². The lowest BCUT2D eigenvalue weighted by molar-refractivity contribution is -0.144. The van der Waals surface area contributed by atoms with E-state index in [4.69, 9.17) is 0 Å². The standard InChI is InChI=1S/C11H20O4S2/c1-8(10(12)14-3)5-16-7-17-6-9(2)11(13)15-4/h8-9H,5-7H2,1-4H3. The van der Waals surface area contributed by atoms with Crippen LogP contribution in [-0.2, 0) is 19.1 Å². The average molecular weight is 280 g/mol. The Morgan fingerprint density at radius 1 is 0.941 bits per heavy atom. The van der Waals surface area contributed by atoms with Crippen molar-refractivity contribution in [2.45, 2.75) is 13.8 Å². The molecule has 0 saturated carbocycles. The summed E-state index contributed by atoms with van der Waals surface area (Å²) in [6, 6.07) is 0. The van der Waals surface area contributed by atoms with Crippen LogP contribution in [0.3, 0.4) is 0 Å². The zero-order valence-corrected chi connectivity index (χ0v) is 12.4. The lowest BCUT2D eigenvalue weighted by atomic mass is 10.2. The van der Waals surface area contributed by atoms with Crippen molar-refractivity contribution in [2.75, 3.05) is 30.8 Å². The highest BCUT2D eigenvalue weighted by molar-refractivity contribution is 8.16. The molecule has 0 amide bonds. The van der Waals surface area contributed by atoms with Gasteiger partial charge >= 0.3 is 11.9 Å². The van der Waals surface area contributed by atoms with Gasteiger partial charge in [-0.25, -0.2) is 0 Å². The normalized spacial score (nSPS) is 13.9. The molecule has 0 aromatic rings. The second kappa shape index (κ2) is 9.65. The molecule has 0 rings (SSSR count). The molecular weight excluding hydrogens is 260 g/mol. The zero-order valence-electron chi connectivity index (χ0n) is 10.7. The van der Waals surface area contributed by atoms with Crippen LogP contribution in [0.25, 0.3) is 0 Å². The maximum atomic E-state index is 11.1. The van der Waals surface area contributed by atoms with Crippen molar-refractivity contribution >= 4 is 35.5 Å². The molecule has 0 aliphatic rings. The molecule has 0 spiro atoms. The minimum atomic E-state index is -0.176. The summed E-state index contributed by atoms with van der Waals surface area (Å²) >= 11 is 3.35. The van der Waals surface area contributed by atoms with Gasteiger partial charge in [0.05, 0.1) is 26.1 Å². The molecule has 0 aromatic carbocycles. The summed E-state index contributed by atoms with van der Waals surface area (Å²) in [6.07, 6.45) is 0. The molecule has 0 saturated heterocycles. The Morgan fingerprint density at radius 2 is 1.29 bits per heavy atom. The van der Waals surface area contributed by atoms with Crippen molar-refractivity contribution in [3.63, 3.8) is 0 Å². The fourth-order valence-electron chi connectivity index (χ4n) is 1.05. The van der Waals surface area contributed by atoms with Gasteiger partial charge in [-0.2, -0.15) is 23.5 Å². The van der Waals surface area contributed by atoms with Crippen molar-refractivity contribution in [1.82, 2.24) is 0 Å². The van der Waals surface area contributed by atoms with Crippen molar-refractivity contribution in [3.05, 3.63) is 0 Å². The molecule has 2 unspecified atom stereocenters. The monoisotopic (exact) mass is 280 g/mol. The highest BCUT2D eigenvalue weighted by Crippen LogP contribution is 2.18. The van der Waals surface area contributed by atoms with Gasteiger partial charge in [0.2, 0.25) is 0 Å². The Kier molecular flexibility index (Phi) is 9.44. The van der Waals surface area contributed by atoms with Gasteiger partial charge in [0.15, 0.2) is 0 Å². The molecule has 0 aliphatic carbocycles. The number of hydrogen-bond donors (Lipinski definition) is 0. The van der Waals surface area contributed by atoms with Gasteiger partial charge in [-0.3, -0.25) is 9.59 Å². The molecule has 0 aliphatic heterocycles. The third-order valence-electron chi connectivity index (χ3n) is 2.11. The van der Waals surface area contributed by atoms with E-state index in [0.717, 1.165) is 16.6 Å². The van der Waals surface area contributed by atoms with E-state index in [1.807, 2.05) is 13.8 Å². The van der Waals surface area contributed by atoms with Crippen LogP contribution in [0.1, 0.15) is 13.8 Å². The van der Waals surface area contributed by atoms with E-state index in [9.17, 15) is 9.59 Å². The van der Waals surface area contributed by atoms with Crippen molar-refractivity contribution in [1.29, 1.82) is 0 Å². The molecule has 2 atom stereocenters. The number of carbonyl (C=O) groups is 2. The number of esters is 2. The van der Waals surface area contributed by atoms with Gasteiger partial charge < -0.3 is 9.47 Å². The number of hydrogen-bond acceptors (Lipinski definition) is 6. The Hall–Kier alpha value is -0.360. The molecule has 100 valence electrons. The Morgan fingerprint density at radius 3 is 1.59 bits per heavy atom. The number of carbonyl (C=O) groups excluding carboxylic acids is 2. The Labute approximate surface area is 111 Å². The summed E-state index contributed by atoms with van der Waals surface area (Å²) in [5.74, 6) is 0.974. The molecule has 0 aromatic heterocycles. The molecule has 0 radical (unpaired) electrons. The predicted molar refractivity (Wildman–Crippen MR) is 72.1 cm³/mol. The highest BCUT2D eigenvalue weighted by Gasteiger charge is 2.14. The predicted octanol–water partition coefficient (Wildman–Crippen LogP) is 2.03. The van der Waals surface area contributed by atoms with Gasteiger partial charge in [0, 0.05) is 16.6 Å². The minimum absolute atomic E-state index is 0.0800. The Balaban J connectivity index is 3.53. The zero-order chi connectivity index (χ0) is 13.3. The van der Waals surface area contributed by atoms with E-state index in [-0.39, 0.29) is 23.8 Å². The SMILES string of the molecule is COC(=O)C(C)CSCSCC(C)C(=O)OC. The first-order valence-electron chi connectivity index (χ1n) is 5.34. The second-order valence-corrected chi connectivity index (χ2v) is 6.13. The summed E-state index contributed by atoms with van der Waals surface area (Å²) in [5.41, 5.74) is 0.